The molecule has 1 saturated carbocycles. The molecule has 2 saturated heterocycles. The number of anilines is 6. The quantitative estimate of drug-likeness (QED) is 0.183. The molecule has 0 atom stereocenters. The topological polar surface area (TPSA) is 97.8 Å². The van der Waals surface area contributed by atoms with Gasteiger partial charge in [0.1, 0.15) is 16.3 Å². The summed E-state index contributed by atoms with van der Waals surface area (Å²) >= 11 is 8.23. The molecule has 2 aliphatic heterocycles. The highest BCUT2D eigenvalue weighted by molar-refractivity contribution is 7.99. The Balaban J connectivity index is 1.12. The van der Waals surface area contributed by atoms with Crippen LogP contribution in [0, 0.1) is 0 Å². The number of nitrogens with zero attached hydrogens (tertiary/aromatic N) is 8. The standard InChI is InChI=1S/C34H43ClN10OS/c1-42-15-17-44(18-16-42)23-9-13-45(14-10-23)29-20-30(46-3)28(19-24(29)22-5-6-22)40-34-38-21-25(35)33(41-34)39-27-8-7-26-31(37-12-11-36-26)32(27)43(2)47-4/h7-8,11-12,19-23H,5-6,9-10,13-18H2,1-4H3,(H2,38,39,40,41). The van der Waals surface area contributed by atoms with Gasteiger partial charge in [-0.2, -0.15) is 4.98 Å². The number of piperidine rings is 1. The van der Waals surface area contributed by atoms with Crippen LogP contribution in [-0.2, 0) is 0 Å². The number of piperazine rings is 1. The highest BCUT2D eigenvalue weighted by Gasteiger charge is 2.32. The molecule has 13 heteroatoms. The summed E-state index contributed by atoms with van der Waals surface area (Å²) in [6, 6.07) is 9.05. The van der Waals surface area contributed by atoms with E-state index in [1.807, 2.05) is 29.7 Å². The van der Waals surface area contributed by atoms with Gasteiger partial charge in [-0.25, -0.2) is 4.98 Å². The first-order valence-electron chi connectivity index (χ1n) is 16.4. The predicted octanol–water partition coefficient (Wildman–Crippen LogP) is 6.38. The zero-order valence-electron chi connectivity index (χ0n) is 27.5. The van der Waals surface area contributed by atoms with Gasteiger partial charge in [0, 0.05) is 82.8 Å². The summed E-state index contributed by atoms with van der Waals surface area (Å²) in [4.78, 5) is 26.1. The van der Waals surface area contributed by atoms with Crippen molar-refractivity contribution in [3.8, 4) is 5.75 Å². The van der Waals surface area contributed by atoms with Crippen LogP contribution in [-0.4, -0.2) is 103 Å². The third-order valence-corrected chi connectivity index (χ3v) is 10.7. The van der Waals surface area contributed by atoms with E-state index in [2.05, 4.69) is 59.5 Å². The molecule has 3 fully saturated rings. The van der Waals surface area contributed by atoms with Crippen LogP contribution in [0.25, 0.3) is 11.0 Å². The molecule has 2 aromatic carbocycles. The second-order valence-corrected chi connectivity index (χ2v) is 14.0. The van der Waals surface area contributed by atoms with Gasteiger partial charge in [-0.05, 0) is 62.4 Å². The van der Waals surface area contributed by atoms with Crippen LogP contribution >= 0.6 is 23.5 Å². The van der Waals surface area contributed by atoms with Crippen molar-refractivity contribution >= 4 is 69.1 Å². The fourth-order valence-electron chi connectivity index (χ4n) is 6.80. The Labute approximate surface area is 286 Å². The maximum absolute atomic E-state index is 6.64. The third-order valence-electron chi connectivity index (χ3n) is 9.67. The molecule has 248 valence electrons. The first kappa shape index (κ1) is 32.0. The molecule has 1 aliphatic carbocycles. The first-order valence-corrected chi connectivity index (χ1v) is 18.0. The maximum atomic E-state index is 6.64. The predicted molar refractivity (Wildman–Crippen MR) is 194 cm³/mol. The minimum absolute atomic E-state index is 0.411. The first-order chi connectivity index (χ1) is 22.9. The molecule has 0 unspecified atom stereocenters. The lowest BCUT2D eigenvalue weighted by Crippen LogP contribution is -2.52. The van der Waals surface area contributed by atoms with E-state index in [-0.39, 0.29) is 0 Å². The number of hydrogen-bond donors (Lipinski definition) is 2. The molecule has 0 amide bonds. The molecule has 4 heterocycles. The Morgan fingerprint density at radius 3 is 2.43 bits per heavy atom. The number of fused-ring (bicyclic) bond motifs is 1. The number of hydrogen-bond acceptors (Lipinski definition) is 12. The Bertz CT molecular complexity index is 1720. The fourth-order valence-corrected chi connectivity index (χ4v) is 7.31. The molecule has 4 aromatic rings. The van der Waals surface area contributed by atoms with E-state index in [0.29, 0.717) is 28.7 Å². The normalized spacial score (nSPS) is 18.0. The van der Waals surface area contributed by atoms with Gasteiger partial charge in [0.05, 0.1) is 35.9 Å². The van der Waals surface area contributed by atoms with Crippen molar-refractivity contribution in [1.29, 1.82) is 0 Å². The Morgan fingerprint density at radius 1 is 0.936 bits per heavy atom. The molecular weight excluding hydrogens is 632 g/mol. The number of rotatable bonds is 10. The van der Waals surface area contributed by atoms with E-state index >= 15 is 0 Å². The summed E-state index contributed by atoms with van der Waals surface area (Å²) in [5.41, 5.74) is 6.84. The van der Waals surface area contributed by atoms with Crippen LogP contribution in [0.1, 0.15) is 37.2 Å². The minimum atomic E-state index is 0.411. The van der Waals surface area contributed by atoms with Crippen molar-refractivity contribution < 1.29 is 4.74 Å². The second kappa shape index (κ2) is 13.9. The van der Waals surface area contributed by atoms with E-state index in [4.69, 9.17) is 21.3 Å². The molecule has 0 spiro atoms. The minimum Gasteiger partial charge on any atom is -0.494 e. The SMILES string of the molecule is COc1cc(N2CCC(N3CCN(C)CC3)CC2)c(C2CC2)cc1Nc1ncc(Cl)c(Nc2ccc3nccnc3c2N(C)SC)n1. The molecule has 47 heavy (non-hydrogen) atoms. The van der Waals surface area contributed by atoms with Gasteiger partial charge in [0.2, 0.25) is 5.95 Å². The van der Waals surface area contributed by atoms with Gasteiger partial charge >= 0.3 is 0 Å². The fraction of sp³-hybridized carbons (Fsp3) is 0.471. The summed E-state index contributed by atoms with van der Waals surface area (Å²) in [5.74, 6) is 2.26. The lowest BCUT2D eigenvalue weighted by molar-refractivity contribution is 0.0982. The smallest absolute Gasteiger partial charge is 0.229 e. The summed E-state index contributed by atoms with van der Waals surface area (Å²) in [5, 5.41) is 7.30. The van der Waals surface area contributed by atoms with Crippen LogP contribution in [0.2, 0.25) is 5.02 Å². The average molecular weight is 675 g/mol. The van der Waals surface area contributed by atoms with Gasteiger partial charge in [-0.3, -0.25) is 14.9 Å². The van der Waals surface area contributed by atoms with Gasteiger partial charge in [0.15, 0.2) is 5.82 Å². The molecule has 3 aliphatic rings. The molecular formula is C34H43ClN10OS. The Morgan fingerprint density at radius 2 is 1.70 bits per heavy atom. The van der Waals surface area contributed by atoms with Gasteiger partial charge < -0.3 is 29.5 Å². The monoisotopic (exact) mass is 674 g/mol. The van der Waals surface area contributed by atoms with Crippen molar-refractivity contribution in [3.63, 3.8) is 0 Å². The molecule has 11 nitrogen and oxygen atoms in total. The van der Waals surface area contributed by atoms with Crippen molar-refractivity contribution in [2.24, 2.45) is 0 Å². The van der Waals surface area contributed by atoms with Gasteiger partial charge in [-0.1, -0.05) is 23.5 Å². The number of benzene rings is 2. The molecule has 0 bridgehead atoms. The lowest BCUT2D eigenvalue weighted by atomic mass is 9.99. The van der Waals surface area contributed by atoms with E-state index in [9.17, 15) is 0 Å². The zero-order chi connectivity index (χ0) is 32.5. The number of halogens is 1. The number of methoxy groups -OCH3 is 1. The Kier molecular flexibility index (Phi) is 9.44. The van der Waals surface area contributed by atoms with Crippen molar-refractivity contribution in [2.75, 3.05) is 86.6 Å². The average Bonchev–Trinajstić information content (AvgIpc) is 3.95. The largest absolute Gasteiger partial charge is 0.494 e. The van der Waals surface area contributed by atoms with Crippen molar-refractivity contribution in [2.45, 2.75) is 37.6 Å². The van der Waals surface area contributed by atoms with Crippen LogP contribution < -0.4 is 24.6 Å². The summed E-state index contributed by atoms with van der Waals surface area (Å²) in [7, 11) is 5.95. The van der Waals surface area contributed by atoms with Crippen LogP contribution in [0.4, 0.5) is 34.5 Å². The summed E-state index contributed by atoms with van der Waals surface area (Å²) < 4.78 is 8.01. The molecule has 7 rings (SSSR count). The summed E-state index contributed by atoms with van der Waals surface area (Å²) in [6.07, 6.45) is 11.9. The van der Waals surface area contributed by atoms with E-state index < -0.39 is 0 Å². The van der Waals surface area contributed by atoms with Crippen LogP contribution in [0.3, 0.4) is 0 Å². The zero-order valence-corrected chi connectivity index (χ0v) is 29.1. The lowest BCUT2D eigenvalue weighted by Gasteiger charge is -2.43. The summed E-state index contributed by atoms with van der Waals surface area (Å²) in [6.45, 7) is 6.83. The molecule has 0 radical (unpaired) electrons. The van der Waals surface area contributed by atoms with E-state index in [1.165, 1.54) is 63.1 Å². The number of aromatic nitrogens is 4. The third kappa shape index (κ3) is 6.87. The van der Waals surface area contributed by atoms with E-state index in [0.717, 1.165) is 46.9 Å². The van der Waals surface area contributed by atoms with Crippen molar-refractivity contribution in [3.05, 3.63) is 53.4 Å². The van der Waals surface area contributed by atoms with Crippen LogP contribution in [0.15, 0.2) is 42.9 Å². The van der Waals surface area contributed by atoms with Gasteiger partial charge in [-0.15, -0.1) is 0 Å². The number of nitrogens with one attached hydrogen (secondary N) is 2. The molecule has 2 aromatic heterocycles. The Hall–Kier alpha value is -3.58. The highest BCUT2D eigenvalue weighted by atomic mass is 35.5. The molecule has 2 N–H and O–H groups in total. The van der Waals surface area contributed by atoms with Gasteiger partial charge in [0.25, 0.3) is 0 Å². The highest BCUT2D eigenvalue weighted by Crippen LogP contribution is 2.48. The second-order valence-electron chi connectivity index (χ2n) is 12.6. The number of likely N-dealkylation sites (N-methyl/N-ethyl adjacent to an activating group) is 1. The van der Waals surface area contributed by atoms with E-state index in [1.54, 1.807) is 37.6 Å². The number of ether oxygens (including phenoxy) is 1. The van der Waals surface area contributed by atoms with Crippen LogP contribution in [0.5, 0.6) is 5.75 Å². The van der Waals surface area contributed by atoms with Crippen molar-refractivity contribution in [1.82, 2.24) is 29.7 Å². The maximum Gasteiger partial charge on any atom is 0.229 e.